The predicted octanol–water partition coefficient (Wildman–Crippen LogP) is 4.50. The van der Waals surface area contributed by atoms with Gasteiger partial charge in [-0.25, -0.2) is 0 Å². The normalized spacial score (nSPS) is 44.2. The summed E-state index contributed by atoms with van der Waals surface area (Å²) in [5, 5.41) is 0. The van der Waals surface area contributed by atoms with Crippen molar-refractivity contribution in [1.29, 1.82) is 0 Å². The van der Waals surface area contributed by atoms with Crippen LogP contribution in [0.25, 0.3) is 0 Å². The molecule has 4 atom stereocenters. The van der Waals surface area contributed by atoms with E-state index in [-0.39, 0.29) is 0 Å². The summed E-state index contributed by atoms with van der Waals surface area (Å²) in [6.07, 6.45) is 19.0. The van der Waals surface area contributed by atoms with Crippen LogP contribution < -0.4 is 0 Å². The van der Waals surface area contributed by atoms with Gasteiger partial charge in [0.1, 0.15) is 0 Å². The molecule has 0 heterocycles. The van der Waals surface area contributed by atoms with Crippen molar-refractivity contribution in [1.82, 2.24) is 0 Å². The summed E-state index contributed by atoms with van der Waals surface area (Å²) in [4.78, 5) is 0. The van der Waals surface area contributed by atoms with Crippen molar-refractivity contribution in [2.24, 2.45) is 23.7 Å². The summed E-state index contributed by atoms with van der Waals surface area (Å²) < 4.78 is 0. The first-order valence-electron chi connectivity index (χ1n) is 6.87. The van der Waals surface area contributed by atoms with Crippen molar-refractivity contribution in [3.63, 3.8) is 0 Å². The molecule has 0 spiro atoms. The van der Waals surface area contributed by atoms with Crippen molar-refractivity contribution in [3.8, 4) is 0 Å². The number of allylic oxidation sites excluding steroid dienone is 6. The molecule has 0 aromatic rings. The zero-order valence-corrected chi connectivity index (χ0v) is 10.2. The molecule has 0 radical (unpaired) electrons. The molecule has 4 bridgehead atoms. The summed E-state index contributed by atoms with van der Waals surface area (Å²) in [6, 6.07) is 0. The lowest BCUT2D eigenvalue weighted by atomic mass is 10.0. The average molecular weight is 214 g/mol. The summed E-state index contributed by atoms with van der Waals surface area (Å²) >= 11 is 0. The highest BCUT2D eigenvalue weighted by Gasteiger charge is 2.29. The molecule has 0 nitrogen and oxygen atoms in total. The van der Waals surface area contributed by atoms with Crippen molar-refractivity contribution in [2.75, 3.05) is 0 Å². The number of rotatable bonds is 0. The van der Waals surface area contributed by atoms with Gasteiger partial charge in [-0.05, 0) is 62.7 Å². The summed E-state index contributed by atoms with van der Waals surface area (Å²) in [7, 11) is 0. The fraction of sp³-hybridized carbons (Fsp3) is 0.625. The molecule has 4 aliphatic carbocycles. The molecule has 4 unspecified atom stereocenters. The van der Waals surface area contributed by atoms with Gasteiger partial charge in [0.25, 0.3) is 0 Å². The van der Waals surface area contributed by atoms with E-state index in [1.807, 2.05) is 0 Å². The molecule has 0 saturated heterocycles. The molecular formula is C16H22. The molecule has 0 aromatic carbocycles. The molecule has 2 fully saturated rings. The van der Waals surface area contributed by atoms with E-state index >= 15 is 0 Å². The van der Waals surface area contributed by atoms with Crippen molar-refractivity contribution in [3.05, 3.63) is 36.0 Å². The van der Waals surface area contributed by atoms with Gasteiger partial charge in [0.05, 0.1) is 0 Å². The number of hydrogen-bond donors (Lipinski definition) is 0. The standard InChI is InChI=1S/C9H12.C7H10/c1-2-8-5-7-3-4-9(8)6-7;1-2-7-4-3-6(1)5-7/h2-4,7,9H,5-6H2,1H3;1-2,6-7H,3-5H2. The molecule has 2 saturated carbocycles. The number of hydrogen-bond acceptors (Lipinski definition) is 0. The molecule has 0 amide bonds. The van der Waals surface area contributed by atoms with Crippen LogP contribution in [0.3, 0.4) is 0 Å². The molecule has 4 aliphatic rings. The van der Waals surface area contributed by atoms with E-state index in [1.54, 1.807) is 5.57 Å². The first-order chi connectivity index (χ1) is 7.85. The van der Waals surface area contributed by atoms with Gasteiger partial charge in [-0.1, -0.05) is 36.0 Å². The first kappa shape index (κ1) is 10.4. The topological polar surface area (TPSA) is 0 Å². The largest absolute Gasteiger partial charge is 0.0878 e. The van der Waals surface area contributed by atoms with Crippen molar-refractivity contribution in [2.45, 2.75) is 39.0 Å². The van der Waals surface area contributed by atoms with E-state index in [4.69, 9.17) is 0 Å². The minimum atomic E-state index is 0.833. The molecule has 0 aliphatic heterocycles. The maximum absolute atomic E-state index is 2.38. The van der Waals surface area contributed by atoms with Crippen LogP contribution in [0.2, 0.25) is 0 Å². The Hall–Kier alpha value is -0.780. The van der Waals surface area contributed by atoms with Gasteiger partial charge >= 0.3 is 0 Å². The Kier molecular flexibility index (Phi) is 2.75. The van der Waals surface area contributed by atoms with Gasteiger partial charge in [-0.3, -0.25) is 0 Å². The second kappa shape index (κ2) is 4.24. The summed E-state index contributed by atoms with van der Waals surface area (Å²) in [6.45, 7) is 2.16. The predicted molar refractivity (Wildman–Crippen MR) is 69.1 cm³/mol. The van der Waals surface area contributed by atoms with Crippen LogP contribution in [0, 0.1) is 23.7 Å². The third-order valence-corrected chi connectivity index (χ3v) is 4.69. The smallest absolute Gasteiger partial charge is 0.00174 e. The van der Waals surface area contributed by atoms with Gasteiger partial charge in [0.15, 0.2) is 0 Å². The molecule has 4 rings (SSSR count). The molecule has 86 valence electrons. The fourth-order valence-corrected chi connectivity index (χ4v) is 3.70. The Balaban J connectivity index is 0.000000104. The van der Waals surface area contributed by atoms with Gasteiger partial charge < -0.3 is 0 Å². The highest BCUT2D eigenvalue weighted by Crippen LogP contribution is 2.42. The minimum Gasteiger partial charge on any atom is -0.0878 e. The molecule has 0 N–H and O–H groups in total. The second-order valence-electron chi connectivity index (χ2n) is 5.77. The van der Waals surface area contributed by atoms with Gasteiger partial charge in [-0.15, -0.1) is 0 Å². The Bertz CT molecular complexity index is 333. The van der Waals surface area contributed by atoms with E-state index in [0.717, 1.165) is 23.7 Å². The van der Waals surface area contributed by atoms with Crippen LogP contribution in [-0.2, 0) is 0 Å². The van der Waals surface area contributed by atoms with Crippen LogP contribution in [0.15, 0.2) is 36.0 Å². The van der Waals surface area contributed by atoms with E-state index in [1.165, 1.54) is 32.1 Å². The monoisotopic (exact) mass is 214 g/mol. The van der Waals surface area contributed by atoms with Crippen molar-refractivity contribution >= 4 is 0 Å². The maximum atomic E-state index is 2.38. The molecule has 0 heteroatoms. The quantitative estimate of drug-likeness (QED) is 0.521. The second-order valence-corrected chi connectivity index (χ2v) is 5.77. The van der Waals surface area contributed by atoms with E-state index < -0.39 is 0 Å². The van der Waals surface area contributed by atoms with Crippen LogP contribution in [0.4, 0.5) is 0 Å². The highest BCUT2D eigenvalue weighted by atomic mass is 14.3. The molecular weight excluding hydrogens is 192 g/mol. The number of fused-ring (bicyclic) bond motifs is 4. The third-order valence-electron chi connectivity index (χ3n) is 4.69. The van der Waals surface area contributed by atoms with Crippen LogP contribution in [0.1, 0.15) is 39.0 Å². The minimum absolute atomic E-state index is 0.833. The summed E-state index contributed by atoms with van der Waals surface area (Å²) in [5.41, 5.74) is 1.67. The third kappa shape index (κ3) is 1.90. The summed E-state index contributed by atoms with van der Waals surface area (Å²) in [5.74, 6) is 3.72. The Morgan fingerprint density at radius 3 is 1.88 bits per heavy atom. The zero-order valence-electron chi connectivity index (χ0n) is 10.2. The van der Waals surface area contributed by atoms with E-state index in [9.17, 15) is 0 Å². The van der Waals surface area contributed by atoms with Crippen molar-refractivity contribution < 1.29 is 0 Å². The Morgan fingerprint density at radius 1 is 0.938 bits per heavy atom. The SMILES string of the molecule is C1=CC2CCC1C2.CC=C1CC2C=CC1C2. The lowest BCUT2D eigenvalue weighted by Gasteiger charge is -2.05. The molecule has 0 aromatic heterocycles. The van der Waals surface area contributed by atoms with Crippen LogP contribution >= 0.6 is 0 Å². The maximum Gasteiger partial charge on any atom is -0.00174 e. The van der Waals surface area contributed by atoms with Gasteiger partial charge in [0, 0.05) is 0 Å². The average Bonchev–Trinajstić information content (AvgIpc) is 3.09. The fourth-order valence-electron chi connectivity index (χ4n) is 3.70. The van der Waals surface area contributed by atoms with Gasteiger partial charge in [0.2, 0.25) is 0 Å². The lowest BCUT2D eigenvalue weighted by Crippen LogP contribution is -1.90. The first-order valence-corrected chi connectivity index (χ1v) is 6.87. The van der Waals surface area contributed by atoms with Crippen LogP contribution in [0.5, 0.6) is 0 Å². The van der Waals surface area contributed by atoms with E-state index in [0.29, 0.717) is 0 Å². The van der Waals surface area contributed by atoms with E-state index in [2.05, 4.69) is 37.3 Å². The Morgan fingerprint density at radius 2 is 1.62 bits per heavy atom. The van der Waals surface area contributed by atoms with Crippen LogP contribution in [-0.4, -0.2) is 0 Å². The van der Waals surface area contributed by atoms with Gasteiger partial charge in [-0.2, -0.15) is 0 Å². The molecule has 16 heavy (non-hydrogen) atoms. The zero-order chi connectivity index (χ0) is 11.0. The highest BCUT2D eigenvalue weighted by molar-refractivity contribution is 5.26. The lowest BCUT2D eigenvalue weighted by molar-refractivity contribution is 0.691. The Labute approximate surface area is 99.1 Å².